The van der Waals surface area contributed by atoms with Gasteiger partial charge in [-0.1, -0.05) is 25.1 Å². The average molecular weight is 327 g/mol. The Balaban J connectivity index is 1.97. The lowest BCUT2D eigenvalue weighted by molar-refractivity contribution is 0.0942. The van der Waals surface area contributed by atoms with Crippen LogP contribution in [0.15, 0.2) is 42.5 Å². The Labute approximate surface area is 141 Å². The van der Waals surface area contributed by atoms with E-state index in [1.807, 2.05) is 31.2 Å². The first-order valence-electron chi connectivity index (χ1n) is 7.80. The van der Waals surface area contributed by atoms with Crippen molar-refractivity contribution in [2.45, 2.75) is 19.9 Å². The number of rotatable bonds is 7. The molecule has 2 N–H and O–H groups in total. The molecule has 2 amide bonds. The molecule has 1 aromatic heterocycles. The molecule has 0 aliphatic rings. The summed E-state index contributed by atoms with van der Waals surface area (Å²) >= 11 is 0. The van der Waals surface area contributed by atoms with E-state index in [4.69, 9.17) is 4.74 Å². The lowest BCUT2D eigenvalue weighted by Gasteiger charge is -2.07. The molecule has 2 aromatic rings. The normalized spacial score (nSPS) is 10.1. The summed E-state index contributed by atoms with van der Waals surface area (Å²) in [6.07, 6.45) is 0.841. The third kappa shape index (κ3) is 4.81. The molecule has 2 rings (SSSR count). The minimum absolute atomic E-state index is 0.215. The van der Waals surface area contributed by atoms with Crippen LogP contribution in [0.2, 0.25) is 0 Å². The summed E-state index contributed by atoms with van der Waals surface area (Å²) in [4.78, 5) is 28.2. The predicted octanol–water partition coefficient (Wildman–Crippen LogP) is 2.16. The van der Waals surface area contributed by atoms with Gasteiger partial charge < -0.3 is 15.4 Å². The number of ether oxygens (including phenoxy) is 1. The second kappa shape index (κ2) is 8.67. The summed E-state index contributed by atoms with van der Waals surface area (Å²) in [5.74, 6) is 0.162. The molecular weight excluding hydrogens is 306 g/mol. The maximum atomic E-state index is 12.2. The molecule has 0 aliphatic carbocycles. The molecule has 24 heavy (non-hydrogen) atoms. The van der Waals surface area contributed by atoms with E-state index >= 15 is 0 Å². The molecule has 0 saturated heterocycles. The van der Waals surface area contributed by atoms with Crippen molar-refractivity contribution < 1.29 is 14.3 Å². The van der Waals surface area contributed by atoms with Gasteiger partial charge in [-0.05, 0) is 36.2 Å². The number of amides is 2. The molecule has 6 heteroatoms. The second-order valence-corrected chi connectivity index (χ2v) is 5.19. The van der Waals surface area contributed by atoms with Gasteiger partial charge in [0.25, 0.3) is 11.8 Å². The van der Waals surface area contributed by atoms with Gasteiger partial charge in [0, 0.05) is 13.1 Å². The molecule has 1 heterocycles. The van der Waals surface area contributed by atoms with Gasteiger partial charge in [0.1, 0.15) is 17.1 Å². The quantitative estimate of drug-likeness (QED) is 0.816. The van der Waals surface area contributed by atoms with Gasteiger partial charge in [0.15, 0.2) is 0 Å². The average Bonchev–Trinajstić information content (AvgIpc) is 2.64. The Morgan fingerprint density at radius 2 is 1.62 bits per heavy atom. The molecule has 0 bridgehead atoms. The maximum absolute atomic E-state index is 12.2. The lowest BCUT2D eigenvalue weighted by atomic mass is 10.2. The SMILES string of the molecule is CCCNC(=O)c1cccc(C(=O)NCc2ccc(OC)cc2)n1. The highest BCUT2D eigenvalue weighted by atomic mass is 16.5. The molecule has 1 aromatic carbocycles. The van der Waals surface area contributed by atoms with Gasteiger partial charge in [-0.15, -0.1) is 0 Å². The second-order valence-electron chi connectivity index (χ2n) is 5.19. The van der Waals surface area contributed by atoms with Crippen LogP contribution >= 0.6 is 0 Å². The van der Waals surface area contributed by atoms with E-state index in [-0.39, 0.29) is 23.2 Å². The highest BCUT2D eigenvalue weighted by Crippen LogP contribution is 2.11. The van der Waals surface area contributed by atoms with Crippen LogP contribution in [-0.2, 0) is 6.54 Å². The number of nitrogens with one attached hydrogen (secondary N) is 2. The molecule has 0 aliphatic heterocycles. The Morgan fingerprint density at radius 1 is 1.00 bits per heavy atom. The van der Waals surface area contributed by atoms with Crippen LogP contribution in [0, 0.1) is 0 Å². The highest BCUT2D eigenvalue weighted by Gasteiger charge is 2.11. The van der Waals surface area contributed by atoms with Gasteiger partial charge in [0.2, 0.25) is 0 Å². The Kier molecular flexibility index (Phi) is 6.31. The van der Waals surface area contributed by atoms with Crippen molar-refractivity contribution in [3.05, 3.63) is 59.4 Å². The van der Waals surface area contributed by atoms with Crippen molar-refractivity contribution in [1.82, 2.24) is 15.6 Å². The van der Waals surface area contributed by atoms with Crippen LogP contribution in [0.4, 0.5) is 0 Å². The first-order valence-corrected chi connectivity index (χ1v) is 7.80. The zero-order valence-electron chi connectivity index (χ0n) is 13.8. The lowest BCUT2D eigenvalue weighted by Crippen LogP contribution is -2.27. The monoisotopic (exact) mass is 327 g/mol. The van der Waals surface area contributed by atoms with Crippen molar-refractivity contribution in [2.24, 2.45) is 0 Å². The zero-order valence-corrected chi connectivity index (χ0v) is 13.8. The molecule has 0 saturated carbocycles. The van der Waals surface area contributed by atoms with Gasteiger partial charge in [-0.3, -0.25) is 9.59 Å². The number of pyridine rings is 1. The van der Waals surface area contributed by atoms with Gasteiger partial charge >= 0.3 is 0 Å². The third-order valence-corrected chi connectivity index (χ3v) is 3.36. The molecular formula is C18H21N3O3. The van der Waals surface area contributed by atoms with Crippen LogP contribution < -0.4 is 15.4 Å². The van der Waals surface area contributed by atoms with Crippen LogP contribution in [0.25, 0.3) is 0 Å². The molecule has 0 fully saturated rings. The number of hydrogen-bond acceptors (Lipinski definition) is 4. The third-order valence-electron chi connectivity index (χ3n) is 3.36. The van der Waals surface area contributed by atoms with Crippen molar-refractivity contribution >= 4 is 11.8 Å². The Bertz CT molecular complexity index is 699. The molecule has 6 nitrogen and oxygen atoms in total. The first-order chi connectivity index (χ1) is 11.6. The molecule has 0 spiro atoms. The largest absolute Gasteiger partial charge is 0.497 e. The summed E-state index contributed by atoms with van der Waals surface area (Å²) in [6.45, 7) is 2.92. The summed E-state index contributed by atoms with van der Waals surface area (Å²) in [6, 6.07) is 12.2. The van der Waals surface area contributed by atoms with Crippen LogP contribution in [-0.4, -0.2) is 30.5 Å². The summed E-state index contributed by atoms with van der Waals surface area (Å²) in [7, 11) is 1.60. The fourth-order valence-corrected chi connectivity index (χ4v) is 2.03. The topological polar surface area (TPSA) is 80.3 Å². The first kappa shape index (κ1) is 17.5. The van der Waals surface area contributed by atoms with E-state index in [2.05, 4.69) is 15.6 Å². The highest BCUT2D eigenvalue weighted by molar-refractivity contribution is 5.96. The Morgan fingerprint density at radius 3 is 2.21 bits per heavy atom. The molecule has 0 atom stereocenters. The number of nitrogens with zero attached hydrogens (tertiary/aromatic N) is 1. The number of benzene rings is 1. The molecule has 0 radical (unpaired) electrons. The van der Waals surface area contributed by atoms with Crippen molar-refractivity contribution in [3.8, 4) is 5.75 Å². The minimum atomic E-state index is -0.323. The minimum Gasteiger partial charge on any atom is -0.497 e. The van der Waals surface area contributed by atoms with Crippen LogP contribution in [0.1, 0.15) is 39.9 Å². The van der Waals surface area contributed by atoms with Crippen LogP contribution in [0.3, 0.4) is 0 Å². The zero-order chi connectivity index (χ0) is 17.4. The van der Waals surface area contributed by atoms with Gasteiger partial charge in [0.05, 0.1) is 7.11 Å². The van der Waals surface area contributed by atoms with Crippen molar-refractivity contribution in [3.63, 3.8) is 0 Å². The summed E-state index contributed by atoms with van der Waals surface area (Å²) < 4.78 is 5.09. The maximum Gasteiger partial charge on any atom is 0.270 e. The van der Waals surface area contributed by atoms with Crippen molar-refractivity contribution in [2.75, 3.05) is 13.7 Å². The van der Waals surface area contributed by atoms with Gasteiger partial charge in [-0.2, -0.15) is 0 Å². The number of methoxy groups -OCH3 is 1. The summed E-state index contributed by atoms with van der Waals surface area (Å²) in [5.41, 5.74) is 1.40. The van der Waals surface area contributed by atoms with E-state index in [1.165, 1.54) is 0 Å². The predicted molar refractivity (Wildman–Crippen MR) is 91.0 cm³/mol. The number of hydrogen-bond donors (Lipinski definition) is 2. The summed E-state index contributed by atoms with van der Waals surface area (Å²) in [5, 5.41) is 5.53. The number of carbonyl (C=O) groups is 2. The van der Waals surface area contributed by atoms with E-state index in [0.29, 0.717) is 13.1 Å². The van der Waals surface area contributed by atoms with E-state index in [9.17, 15) is 9.59 Å². The van der Waals surface area contributed by atoms with E-state index in [1.54, 1.807) is 25.3 Å². The van der Waals surface area contributed by atoms with Crippen molar-refractivity contribution in [1.29, 1.82) is 0 Å². The smallest absolute Gasteiger partial charge is 0.270 e. The van der Waals surface area contributed by atoms with E-state index in [0.717, 1.165) is 17.7 Å². The fraction of sp³-hybridized carbons (Fsp3) is 0.278. The van der Waals surface area contributed by atoms with Crippen LogP contribution in [0.5, 0.6) is 5.75 Å². The molecule has 126 valence electrons. The molecule has 0 unspecified atom stereocenters. The number of carbonyl (C=O) groups excluding carboxylic acids is 2. The Hall–Kier alpha value is -2.89. The fourth-order valence-electron chi connectivity index (χ4n) is 2.03. The van der Waals surface area contributed by atoms with Gasteiger partial charge in [-0.25, -0.2) is 4.98 Å². The van der Waals surface area contributed by atoms with E-state index < -0.39 is 0 Å². The standard InChI is InChI=1S/C18H21N3O3/c1-3-11-19-17(22)15-5-4-6-16(21-15)18(23)20-12-13-7-9-14(24-2)10-8-13/h4-10H,3,11-12H2,1-2H3,(H,19,22)(H,20,23). The number of aromatic nitrogens is 1.